The molecule has 9 heteroatoms. The van der Waals surface area contributed by atoms with Crippen molar-refractivity contribution >= 4 is 32.1 Å². The normalized spacial score (nSPS) is 16.8. The summed E-state index contributed by atoms with van der Waals surface area (Å²) in [7, 11) is -7.51. The maximum Gasteiger partial charge on any atom is 0.186 e. The van der Waals surface area contributed by atoms with Gasteiger partial charge in [0, 0.05) is 12.4 Å². The summed E-state index contributed by atoms with van der Waals surface area (Å²) in [6.45, 7) is 0.427. The Bertz CT molecular complexity index is 1250. The molecule has 2 aromatic carbocycles. The van der Waals surface area contributed by atoms with E-state index in [0.29, 0.717) is 12.4 Å². The number of benzene rings is 2. The first-order chi connectivity index (χ1) is 14.4. The molecule has 1 aliphatic rings. The molecule has 0 spiro atoms. The van der Waals surface area contributed by atoms with Crippen molar-refractivity contribution in [2.75, 3.05) is 12.4 Å². The number of sulfone groups is 2. The van der Waals surface area contributed by atoms with Crippen LogP contribution in [0, 0.1) is 0 Å². The minimum atomic E-state index is -3.84. The van der Waals surface area contributed by atoms with E-state index in [9.17, 15) is 16.8 Å². The lowest BCUT2D eigenvalue weighted by Crippen LogP contribution is -2.15. The van der Waals surface area contributed by atoms with Gasteiger partial charge in [0.05, 0.1) is 22.2 Å². The SMILES string of the molecule is Cl.O=S1(=O)CC(S(=O)(=O)c2ccccc2)c2cc(OCCCc3cccnc3)ccc21. The quantitative estimate of drug-likeness (QED) is 0.478. The Balaban J connectivity index is 0.00000272. The van der Waals surface area contributed by atoms with Crippen LogP contribution >= 0.6 is 12.4 Å². The second kappa shape index (κ2) is 9.38. The molecule has 0 fully saturated rings. The number of hydrogen-bond donors (Lipinski definition) is 0. The number of fused-ring (bicyclic) bond motifs is 1. The first kappa shape index (κ1) is 23.2. The molecule has 164 valence electrons. The predicted molar refractivity (Wildman–Crippen MR) is 120 cm³/mol. The van der Waals surface area contributed by atoms with E-state index in [1.54, 1.807) is 42.7 Å². The molecule has 1 unspecified atom stereocenters. The molecule has 0 bridgehead atoms. The van der Waals surface area contributed by atoms with Gasteiger partial charge in [-0.15, -0.1) is 12.4 Å². The number of aryl methyl sites for hydroxylation is 1. The van der Waals surface area contributed by atoms with Gasteiger partial charge in [-0.2, -0.15) is 0 Å². The Morgan fingerprint density at radius 2 is 1.81 bits per heavy atom. The monoisotopic (exact) mass is 479 g/mol. The molecule has 1 atom stereocenters. The average Bonchev–Trinajstić information content (AvgIpc) is 3.04. The molecule has 0 saturated heterocycles. The van der Waals surface area contributed by atoms with Gasteiger partial charge in [0.25, 0.3) is 0 Å². The largest absolute Gasteiger partial charge is 0.494 e. The fourth-order valence-electron chi connectivity index (χ4n) is 3.57. The highest BCUT2D eigenvalue weighted by Crippen LogP contribution is 2.42. The molecule has 3 aromatic rings. The first-order valence-electron chi connectivity index (χ1n) is 9.55. The molecule has 1 aromatic heterocycles. The standard InChI is InChI=1S/C22H21NO5S2.ClH/c24-29(25)16-22(30(26,27)19-8-2-1-3-9-19)20-14-18(10-11-21(20)29)28-13-5-7-17-6-4-12-23-15-17;/h1-4,6,8-12,14-15,22H,5,7,13,16H2;1H. The number of halogens is 1. The summed E-state index contributed by atoms with van der Waals surface area (Å²) >= 11 is 0. The van der Waals surface area contributed by atoms with Crippen molar-refractivity contribution in [3.05, 3.63) is 84.2 Å². The number of nitrogens with zero attached hydrogens (tertiary/aromatic N) is 1. The van der Waals surface area contributed by atoms with Crippen LogP contribution in [0.1, 0.15) is 22.8 Å². The Labute approximate surface area is 188 Å². The van der Waals surface area contributed by atoms with Gasteiger partial charge in [0.15, 0.2) is 19.7 Å². The van der Waals surface area contributed by atoms with E-state index in [0.717, 1.165) is 18.4 Å². The fraction of sp³-hybridized carbons (Fsp3) is 0.227. The summed E-state index contributed by atoms with van der Waals surface area (Å²) in [5.74, 6) is 0.00890. The summed E-state index contributed by atoms with van der Waals surface area (Å²) in [5.41, 5.74) is 1.39. The molecule has 0 amide bonds. The van der Waals surface area contributed by atoms with E-state index in [2.05, 4.69) is 4.98 Å². The van der Waals surface area contributed by atoms with E-state index in [-0.39, 0.29) is 27.8 Å². The molecule has 0 radical (unpaired) electrons. The Kier molecular flexibility index (Phi) is 7.03. The molecule has 31 heavy (non-hydrogen) atoms. The van der Waals surface area contributed by atoms with E-state index < -0.39 is 30.7 Å². The highest BCUT2D eigenvalue weighted by Gasteiger charge is 2.43. The fourth-order valence-corrected chi connectivity index (χ4v) is 7.89. The third-order valence-corrected chi connectivity index (χ3v) is 9.21. The van der Waals surface area contributed by atoms with Crippen molar-refractivity contribution in [3.8, 4) is 5.75 Å². The summed E-state index contributed by atoms with van der Waals surface area (Å²) in [6, 6.07) is 16.4. The lowest BCUT2D eigenvalue weighted by Gasteiger charge is -2.13. The van der Waals surface area contributed by atoms with Crippen LogP contribution in [0.25, 0.3) is 0 Å². The maximum atomic E-state index is 13.1. The second-order valence-electron chi connectivity index (χ2n) is 7.14. The van der Waals surface area contributed by atoms with E-state index >= 15 is 0 Å². The van der Waals surface area contributed by atoms with Crippen molar-refractivity contribution in [3.63, 3.8) is 0 Å². The molecule has 0 N–H and O–H groups in total. The Hall–Kier alpha value is -2.42. The molecule has 6 nitrogen and oxygen atoms in total. The molecule has 2 heterocycles. The zero-order chi connectivity index (χ0) is 21.2. The summed E-state index contributed by atoms with van der Waals surface area (Å²) < 4.78 is 57.1. The Morgan fingerprint density at radius 3 is 2.52 bits per heavy atom. The van der Waals surface area contributed by atoms with Crippen LogP contribution in [0.4, 0.5) is 0 Å². The summed E-state index contributed by atoms with van der Waals surface area (Å²) in [6.07, 6.45) is 5.09. The van der Waals surface area contributed by atoms with Gasteiger partial charge in [-0.25, -0.2) is 16.8 Å². The van der Waals surface area contributed by atoms with Gasteiger partial charge >= 0.3 is 0 Å². The van der Waals surface area contributed by atoms with E-state index in [1.165, 1.54) is 18.2 Å². The lowest BCUT2D eigenvalue weighted by atomic mass is 10.1. The summed E-state index contributed by atoms with van der Waals surface area (Å²) in [5, 5.41) is -1.14. The zero-order valence-corrected chi connectivity index (χ0v) is 19.0. The van der Waals surface area contributed by atoms with Crippen molar-refractivity contribution in [2.45, 2.75) is 27.9 Å². The average molecular weight is 480 g/mol. The molecule has 1 aliphatic heterocycles. The third kappa shape index (κ3) is 4.92. The minimum Gasteiger partial charge on any atom is -0.494 e. The van der Waals surface area contributed by atoms with Crippen LogP contribution in [0.5, 0.6) is 5.75 Å². The number of rotatable bonds is 7. The lowest BCUT2D eigenvalue weighted by molar-refractivity contribution is 0.310. The van der Waals surface area contributed by atoms with E-state index in [1.807, 2.05) is 12.1 Å². The van der Waals surface area contributed by atoms with Gasteiger partial charge < -0.3 is 4.74 Å². The van der Waals surface area contributed by atoms with Crippen LogP contribution in [-0.4, -0.2) is 34.2 Å². The van der Waals surface area contributed by atoms with Gasteiger partial charge in [-0.3, -0.25) is 4.98 Å². The van der Waals surface area contributed by atoms with Crippen LogP contribution in [0.15, 0.2) is 82.8 Å². The highest BCUT2D eigenvalue weighted by atomic mass is 35.5. The highest BCUT2D eigenvalue weighted by molar-refractivity contribution is 7.96. The van der Waals surface area contributed by atoms with Crippen LogP contribution in [0.3, 0.4) is 0 Å². The van der Waals surface area contributed by atoms with Crippen molar-refractivity contribution in [2.24, 2.45) is 0 Å². The number of ether oxygens (including phenoxy) is 1. The first-order valence-corrected chi connectivity index (χ1v) is 12.8. The maximum absolute atomic E-state index is 13.1. The van der Waals surface area contributed by atoms with Crippen LogP contribution in [0.2, 0.25) is 0 Å². The topological polar surface area (TPSA) is 90.4 Å². The van der Waals surface area contributed by atoms with Crippen LogP contribution in [-0.2, 0) is 26.1 Å². The number of pyridine rings is 1. The van der Waals surface area contributed by atoms with Gasteiger partial charge in [0.2, 0.25) is 0 Å². The zero-order valence-electron chi connectivity index (χ0n) is 16.5. The van der Waals surface area contributed by atoms with Crippen molar-refractivity contribution < 1.29 is 21.6 Å². The number of hydrogen-bond acceptors (Lipinski definition) is 6. The smallest absolute Gasteiger partial charge is 0.186 e. The number of aromatic nitrogens is 1. The third-order valence-electron chi connectivity index (χ3n) is 5.08. The minimum absolute atomic E-state index is 0. The molecular formula is C22H22ClNO5S2. The molecule has 0 aliphatic carbocycles. The van der Waals surface area contributed by atoms with Crippen molar-refractivity contribution in [1.82, 2.24) is 4.98 Å². The predicted octanol–water partition coefficient (Wildman–Crippen LogP) is 3.82. The van der Waals surface area contributed by atoms with Crippen LogP contribution < -0.4 is 4.74 Å². The summed E-state index contributed by atoms with van der Waals surface area (Å²) in [4.78, 5) is 4.25. The Morgan fingerprint density at radius 1 is 1.03 bits per heavy atom. The van der Waals surface area contributed by atoms with Crippen molar-refractivity contribution in [1.29, 1.82) is 0 Å². The van der Waals surface area contributed by atoms with Gasteiger partial charge in [-0.05, 0) is 60.4 Å². The molecule has 0 saturated carbocycles. The van der Waals surface area contributed by atoms with Gasteiger partial charge in [-0.1, -0.05) is 24.3 Å². The second-order valence-corrected chi connectivity index (χ2v) is 11.3. The molecule has 4 rings (SSSR count). The molecular weight excluding hydrogens is 458 g/mol. The van der Waals surface area contributed by atoms with Gasteiger partial charge in [0.1, 0.15) is 11.0 Å². The van der Waals surface area contributed by atoms with E-state index in [4.69, 9.17) is 4.74 Å².